The monoisotopic (exact) mass is 303 g/mol. The summed E-state index contributed by atoms with van der Waals surface area (Å²) in [4.78, 5) is 6.95. The molecule has 2 aromatic rings. The minimum atomic E-state index is 0.366. The van der Waals surface area contributed by atoms with Gasteiger partial charge in [0.25, 0.3) is 0 Å². The van der Waals surface area contributed by atoms with Crippen molar-refractivity contribution in [3.63, 3.8) is 0 Å². The number of aryl methyl sites for hydroxylation is 1. The Morgan fingerprint density at radius 3 is 3.05 bits per heavy atom. The number of imidazole rings is 1. The van der Waals surface area contributed by atoms with Gasteiger partial charge in [-0.05, 0) is 18.1 Å². The zero-order valence-corrected chi connectivity index (χ0v) is 13.7. The Balaban J connectivity index is 1.70. The molecule has 3 rings (SSSR count). The van der Waals surface area contributed by atoms with E-state index in [9.17, 15) is 0 Å². The molecule has 0 bridgehead atoms. The first-order chi connectivity index (χ1) is 10.6. The molecule has 22 heavy (non-hydrogen) atoms. The minimum Gasteiger partial charge on any atom is -0.468 e. The molecule has 0 aromatic carbocycles. The van der Waals surface area contributed by atoms with E-state index in [1.807, 2.05) is 18.5 Å². The van der Waals surface area contributed by atoms with Crippen LogP contribution < -0.4 is 0 Å². The van der Waals surface area contributed by atoms with Crippen LogP contribution in [0, 0.1) is 5.92 Å². The van der Waals surface area contributed by atoms with Gasteiger partial charge < -0.3 is 13.7 Å². The number of nitrogens with zero attached hydrogens (tertiary/aromatic N) is 3. The van der Waals surface area contributed by atoms with Gasteiger partial charge in [0, 0.05) is 38.4 Å². The third kappa shape index (κ3) is 3.42. The zero-order valence-electron chi connectivity index (χ0n) is 13.7. The Morgan fingerprint density at radius 1 is 1.45 bits per heavy atom. The SMILES string of the molecule is CC(C)COC[C@@H]1CN(Cc2ccco2)Cc2ncn(C)c21. The van der Waals surface area contributed by atoms with Crippen LogP contribution in [0.15, 0.2) is 29.1 Å². The highest BCUT2D eigenvalue weighted by molar-refractivity contribution is 5.22. The van der Waals surface area contributed by atoms with Crippen LogP contribution in [0.4, 0.5) is 0 Å². The molecule has 0 N–H and O–H groups in total. The van der Waals surface area contributed by atoms with E-state index in [2.05, 4.69) is 35.3 Å². The van der Waals surface area contributed by atoms with Crippen molar-refractivity contribution >= 4 is 0 Å². The van der Waals surface area contributed by atoms with E-state index in [1.165, 1.54) is 11.4 Å². The summed E-state index contributed by atoms with van der Waals surface area (Å²) in [5, 5.41) is 0. The van der Waals surface area contributed by atoms with Crippen LogP contribution in [0.1, 0.15) is 36.9 Å². The lowest BCUT2D eigenvalue weighted by atomic mass is 9.99. The Morgan fingerprint density at radius 2 is 2.32 bits per heavy atom. The number of aromatic nitrogens is 2. The number of hydrogen-bond donors (Lipinski definition) is 0. The maximum absolute atomic E-state index is 5.91. The summed E-state index contributed by atoms with van der Waals surface area (Å²) in [6, 6.07) is 3.97. The van der Waals surface area contributed by atoms with Crippen molar-refractivity contribution in [2.45, 2.75) is 32.9 Å². The first-order valence-electron chi connectivity index (χ1n) is 7.96. The molecular formula is C17H25N3O2. The summed E-state index contributed by atoms with van der Waals surface area (Å²) in [6.45, 7) is 8.59. The molecular weight excluding hydrogens is 278 g/mol. The lowest BCUT2D eigenvalue weighted by Gasteiger charge is -2.32. The van der Waals surface area contributed by atoms with Gasteiger partial charge >= 0.3 is 0 Å². The second-order valence-electron chi connectivity index (χ2n) is 6.56. The molecule has 0 radical (unpaired) electrons. The van der Waals surface area contributed by atoms with Crippen LogP contribution in [0.3, 0.4) is 0 Å². The molecule has 1 aliphatic heterocycles. The average Bonchev–Trinajstić information content (AvgIpc) is 3.09. The van der Waals surface area contributed by atoms with Gasteiger partial charge in [0.2, 0.25) is 0 Å². The first kappa shape index (κ1) is 15.3. The molecule has 0 aliphatic carbocycles. The van der Waals surface area contributed by atoms with Gasteiger partial charge in [0.1, 0.15) is 5.76 Å². The van der Waals surface area contributed by atoms with Crippen LogP contribution in [0.2, 0.25) is 0 Å². The number of rotatable bonds is 6. The summed E-state index contributed by atoms with van der Waals surface area (Å²) in [7, 11) is 2.07. The second kappa shape index (κ2) is 6.67. The van der Waals surface area contributed by atoms with Crippen molar-refractivity contribution < 1.29 is 9.15 Å². The van der Waals surface area contributed by atoms with Crippen molar-refractivity contribution in [3.8, 4) is 0 Å². The fourth-order valence-corrected chi connectivity index (χ4v) is 3.13. The van der Waals surface area contributed by atoms with Crippen LogP contribution in [0.25, 0.3) is 0 Å². The summed E-state index contributed by atoms with van der Waals surface area (Å²) < 4.78 is 13.5. The third-order valence-electron chi connectivity index (χ3n) is 4.03. The van der Waals surface area contributed by atoms with E-state index >= 15 is 0 Å². The largest absolute Gasteiger partial charge is 0.468 e. The van der Waals surface area contributed by atoms with E-state index < -0.39 is 0 Å². The van der Waals surface area contributed by atoms with Crippen LogP contribution in [-0.2, 0) is 24.9 Å². The van der Waals surface area contributed by atoms with Gasteiger partial charge in [-0.3, -0.25) is 4.90 Å². The number of furan rings is 1. The van der Waals surface area contributed by atoms with Gasteiger partial charge in [0.15, 0.2) is 0 Å². The van der Waals surface area contributed by atoms with Crippen molar-refractivity contribution in [2.75, 3.05) is 19.8 Å². The van der Waals surface area contributed by atoms with Crippen LogP contribution >= 0.6 is 0 Å². The molecule has 3 heterocycles. The molecule has 0 saturated heterocycles. The maximum atomic E-state index is 5.91. The number of fused-ring (bicyclic) bond motifs is 1. The Hall–Kier alpha value is -1.59. The highest BCUT2D eigenvalue weighted by Crippen LogP contribution is 2.28. The molecule has 1 aliphatic rings. The molecule has 0 saturated carbocycles. The Kier molecular flexibility index (Phi) is 4.64. The summed E-state index contributed by atoms with van der Waals surface area (Å²) in [5.74, 6) is 1.93. The van der Waals surface area contributed by atoms with Gasteiger partial charge in [-0.2, -0.15) is 0 Å². The quantitative estimate of drug-likeness (QED) is 0.823. The van der Waals surface area contributed by atoms with E-state index in [1.54, 1.807) is 6.26 Å². The summed E-state index contributed by atoms with van der Waals surface area (Å²) in [6.07, 6.45) is 3.64. The van der Waals surface area contributed by atoms with E-state index in [0.717, 1.165) is 38.6 Å². The first-order valence-corrected chi connectivity index (χ1v) is 7.96. The van der Waals surface area contributed by atoms with E-state index in [0.29, 0.717) is 11.8 Å². The lowest BCUT2D eigenvalue weighted by molar-refractivity contribution is 0.0755. The lowest BCUT2D eigenvalue weighted by Crippen LogP contribution is -2.36. The molecule has 1 atom stereocenters. The number of ether oxygens (including phenoxy) is 1. The normalized spacial score (nSPS) is 18.8. The Bertz CT molecular complexity index is 589. The predicted molar refractivity (Wildman–Crippen MR) is 84.4 cm³/mol. The molecule has 0 fully saturated rings. The van der Waals surface area contributed by atoms with Crippen LogP contribution in [0.5, 0.6) is 0 Å². The molecule has 0 spiro atoms. The maximum Gasteiger partial charge on any atom is 0.117 e. The second-order valence-corrected chi connectivity index (χ2v) is 6.56. The molecule has 5 nitrogen and oxygen atoms in total. The molecule has 5 heteroatoms. The summed E-state index contributed by atoms with van der Waals surface area (Å²) in [5.41, 5.74) is 2.48. The van der Waals surface area contributed by atoms with E-state index in [4.69, 9.17) is 9.15 Å². The average molecular weight is 303 g/mol. The molecule has 2 aromatic heterocycles. The highest BCUT2D eigenvalue weighted by atomic mass is 16.5. The van der Waals surface area contributed by atoms with Crippen LogP contribution in [-0.4, -0.2) is 34.2 Å². The summed E-state index contributed by atoms with van der Waals surface area (Å²) >= 11 is 0. The van der Waals surface area contributed by atoms with Crippen molar-refractivity contribution in [1.29, 1.82) is 0 Å². The third-order valence-corrected chi connectivity index (χ3v) is 4.03. The Labute approximate surface area is 131 Å². The minimum absolute atomic E-state index is 0.366. The van der Waals surface area contributed by atoms with Gasteiger partial charge in [-0.25, -0.2) is 4.98 Å². The molecule has 0 unspecified atom stereocenters. The zero-order chi connectivity index (χ0) is 15.5. The van der Waals surface area contributed by atoms with Crippen molar-refractivity contribution in [1.82, 2.24) is 14.5 Å². The standard InChI is InChI=1S/C17H25N3O2/c1-13(2)10-21-11-14-7-20(8-15-5-4-6-22-15)9-16-17(14)19(3)12-18-16/h4-6,12-14H,7-11H2,1-3H3/t14-/m0/s1. The van der Waals surface area contributed by atoms with Gasteiger partial charge in [0.05, 0.1) is 31.4 Å². The number of hydrogen-bond acceptors (Lipinski definition) is 4. The topological polar surface area (TPSA) is 43.4 Å². The van der Waals surface area contributed by atoms with E-state index in [-0.39, 0.29) is 0 Å². The molecule has 0 amide bonds. The fourth-order valence-electron chi connectivity index (χ4n) is 3.13. The fraction of sp³-hybridized carbons (Fsp3) is 0.588. The smallest absolute Gasteiger partial charge is 0.117 e. The van der Waals surface area contributed by atoms with Crippen molar-refractivity contribution in [2.24, 2.45) is 13.0 Å². The highest BCUT2D eigenvalue weighted by Gasteiger charge is 2.29. The van der Waals surface area contributed by atoms with Crippen molar-refractivity contribution in [3.05, 3.63) is 41.9 Å². The van der Waals surface area contributed by atoms with Gasteiger partial charge in [-0.1, -0.05) is 13.8 Å². The molecule has 120 valence electrons. The van der Waals surface area contributed by atoms with Gasteiger partial charge in [-0.15, -0.1) is 0 Å². The predicted octanol–water partition coefficient (Wildman–Crippen LogP) is 2.79.